The lowest BCUT2D eigenvalue weighted by Crippen LogP contribution is -2.47. The van der Waals surface area contributed by atoms with Gasteiger partial charge in [0.2, 0.25) is 0 Å². The molecule has 4 rings (SSSR count). The van der Waals surface area contributed by atoms with E-state index in [1.807, 2.05) is 6.92 Å². The third-order valence-corrected chi connectivity index (χ3v) is 7.55. The maximum absolute atomic E-state index is 13.1. The first-order valence-electron chi connectivity index (χ1n) is 11.8. The summed E-state index contributed by atoms with van der Waals surface area (Å²) in [6, 6.07) is 3.31. The zero-order chi connectivity index (χ0) is 26.2. The molecule has 1 aromatic heterocycles. The zero-order valence-corrected chi connectivity index (χ0v) is 22.2. The van der Waals surface area contributed by atoms with Gasteiger partial charge < -0.3 is 34.9 Å². The van der Waals surface area contributed by atoms with Crippen LogP contribution in [0.1, 0.15) is 59.8 Å². The fourth-order valence-corrected chi connectivity index (χ4v) is 5.47. The molecule has 1 unspecified atom stereocenters. The zero-order valence-electron chi connectivity index (χ0n) is 20.6. The van der Waals surface area contributed by atoms with Crippen molar-refractivity contribution in [3.63, 3.8) is 0 Å². The van der Waals surface area contributed by atoms with Crippen LogP contribution >= 0.6 is 15.9 Å². The van der Waals surface area contributed by atoms with Crippen molar-refractivity contribution in [3.8, 4) is 17.2 Å². The lowest BCUT2D eigenvalue weighted by atomic mass is 9.81. The van der Waals surface area contributed by atoms with Gasteiger partial charge in [0.1, 0.15) is 5.75 Å². The van der Waals surface area contributed by atoms with Crippen molar-refractivity contribution in [2.75, 3.05) is 7.11 Å². The molecule has 1 aromatic carbocycles. The Kier molecular flexibility index (Phi) is 7.21. The van der Waals surface area contributed by atoms with Crippen molar-refractivity contribution >= 4 is 27.9 Å². The van der Waals surface area contributed by atoms with Crippen LogP contribution in [0.25, 0.3) is 0 Å². The average molecular weight is 564 g/mol. The molecular weight excluding hydrogens is 534 g/mol. The van der Waals surface area contributed by atoms with Crippen LogP contribution in [0.15, 0.2) is 21.4 Å². The number of aryl methyl sites for hydroxylation is 1. The lowest BCUT2D eigenvalue weighted by Gasteiger charge is -2.37. The summed E-state index contributed by atoms with van der Waals surface area (Å²) in [5, 5.41) is 14.3. The molecule has 2 aliphatic rings. The number of carboxylic acid groups (broad SMARTS) is 1. The number of pyridine rings is 1. The van der Waals surface area contributed by atoms with Gasteiger partial charge in [-0.05, 0) is 67.6 Å². The second-order valence-electron chi connectivity index (χ2n) is 9.42. The Morgan fingerprint density at radius 3 is 2.50 bits per heavy atom. The smallest absolute Gasteiger partial charge is 0.404 e. The summed E-state index contributed by atoms with van der Waals surface area (Å²) >= 11 is 3.52. The van der Waals surface area contributed by atoms with E-state index in [0.29, 0.717) is 56.9 Å². The lowest BCUT2D eigenvalue weighted by molar-refractivity contribution is -0.121. The molecule has 1 atom stereocenters. The highest BCUT2D eigenvalue weighted by atomic mass is 79.9. The van der Waals surface area contributed by atoms with Crippen molar-refractivity contribution in [1.29, 1.82) is 0 Å². The van der Waals surface area contributed by atoms with Crippen molar-refractivity contribution in [2.24, 2.45) is 5.92 Å². The third-order valence-electron chi connectivity index (χ3n) is 6.96. The van der Waals surface area contributed by atoms with Crippen molar-refractivity contribution < 1.29 is 28.9 Å². The monoisotopic (exact) mass is 563 g/mol. The molecular formula is C25H30BrN3O7. The minimum Gasteiger partial charge on any atom is -0.496 e. The van der Waals surface area contributed by atoms with E-state index >= 15 is 0 Å². The second kappa shape index (κ2) is 10.0. The summed E-state index contributed by atoms with van der Waals surface area (Å²) in [6.45, 7) is 5.42. The van der Waals surface area contributed by atoms with Gasteiger partial charge in [-0.1, -0.05) is 0 Å². The van der Waals surface area contributed by atoms with Crippen LogP contribution in [-0.4, -0.2) is 41.0 Å². The van der Waals surface area contributed by atoms with Crippen LogP contribution in [0, 0.1) is 19.8 Å². The highest BCUT2D eigenvalue weighted by Crippen LogP contribution is 2.51. The Labute approximate surface area is 216 Å². The van der Waals surface area contributed by atoms with Crippen LogP contribution < -0.4 is 30.4 Å². The molecule has 0 bridgehead atoms. The minimum atomic E-state index is -1.01. The molecule has 194 valence electrons. The van der Waals surface area contributed by atoms with Crippen LogP contribution in [0.2, 0.25) is 0 Å². The largest absolute Gasteiger partial charge is 0.496 e. The molecule has 4 N–H and O–H groups in total. The number of hydrogen-bond acceptors (Lipinski definition) is 6. The van der Waals surface area contributed by atoms with Crippen molar-refractivity contribution in [1.82, 2.24) is 15.6 Å². The second-order valence-corrected chi connectivity index (χ2v) is 10.3. The Bertz CT molecular complexity index is 1250. The summed E-state index contributed by atoms with van der Waals surface area (Å²) < 4.78 is 18.5. The molecule has 0 radical (unpaired) electrons. The van der Waals surface area contributed by atoms with E-state index in [-0.39, 0.29) is 30.0 Å². The Balaban J connectivity index is 1.50. The van der Waals surface area contributed by atoms with Gasteiger partial charge >= 0.3 is 6.09 Å². The van der Waals surface area contributed by atoms with Gasteiger partial charge in [-0.2, -0.15) is 0 Å². The fraction of sp³-hybridized carbons (Fsp3) is 0.480. The maximum Gasteiger partial charge on any atom is 0.404 e. The average Bonchev–Trinajstić information content (AvgIpc) is 3.20. The fourth-order valence-electron chi connectivity index (χ4n) is 4.98. The van der Waals surface area contributed by atoms with Crippen LogP contribution in [0.4, 0.5) is 4.79 Å². The van der Waals surface area contributed by atoms with Crippen LogP contribution in [-0.2, 0) is 6.54 Å². The molecule has 1 aliphatic carbocycles. The maximum atomic E-state index is 13.1. The van der Waals surface area contributed by atoms with Crippen molar-refractivity contribution in [2.45, 2.75) is 64.8 Å². The number of H-pyrrole nitrogens is 1. The van der Waals surface area contributed by atoms with E-state index in [9.17, 15) is 14.4 Å². The number of nitrogens with one attached hydrogen (secondary N) is 3. The molecule has 10 nitrogen and oxygen atoms in total. The van der Waals surface area contributed by atoms with Gasteiger partial charge in [0.25, 0.3) is 17.3 Å². The predicted molar refractivity (Wildman–Crippen MR) is 135 cm³/mol. The number of fused-ring (bicyclic) bond motifs is 1. The molecule has 2 amide bonds. The predicted octanol–water partition coefficient (Wildman–Crippen LogP) is 4.01. The van der Waals surface area contributed by atoms with Gasteiger partial charge in [-0.25, -0.2) is 4.79 Å². The van der Waals surface area contributed by atoms with E-state index in [0.717, 1.165) is 12.8 Å². The summed E-state index contributed by atoms with van der Waals surface area (Å²) in [5.41, 5.74) is 1.69. The SMILES string of the molecule is COc1cc(C)[nH]c(=O)c1CNC(=O)c1cc(Br)c2c(c1C)OC(C)(C1CCC(NC(=O)O)CC1)O2. The molecule has 0 spiro atoms. The number of halogens is 1. The molecule has 36 heavy (non-hydrogen) atoms. The first kappa shape index (κ1) is 25.9. The van der Waals surface area contributed by atoms with Gasteiger partial charge in [0, 0.05) is 35.7 Å². The normalized spacial score (nSPS) is 22.7. The van der Waals surface area contributed by atoms with E-state index in [4.69, 9.17) is 19.3 Å². The summed E-state index contributed by atoms with van der Waals surface area (Å²) in [7, 11) is 1.48. The Morgan fingerprint density at radius 1 is 1.19 bits per heavy atom. The van der Waals surface area contributed by atoms with Gasteiger partial charge in [0.05, 0.1) is 23.7 Å². The number of methoxy groups -OCH3 is 1. The van der Waals surface area contributed by atoms with Crippen LogP contribution in [0.5, 0.6) is 17.2 Å². The van der Waals surface area contributed by atoms with Crippen molar-refractivity contribution in [3.05, 3.63) is 49.3 Å². The number of carbonyl (C=O) groups is 2. The number of aromatic nitrogens is 1. The highest BCUT2D eigenvalue weighted by molar-refractivity contribution is 9.10. The molecule has 1 saturated carbocycles. The van der Waals surface area contributed by atoms with Gasteiger partial charge in [-0.3, -0.25) is 9.59 Å². The summed E-state index contributed by atoms with van der Waals surface area (Å²) in [4.78, 5) is 39.2. The number of benzene rings is 1. The highest BCUT2D eigenvalue weighted by Gasteiger charge is 2.47. The number of ether oxygens (including phenoxy) is 3. The van der Waals surface area contributed by atoms with E-state index < -0.39 is 11.9 Å². The molecule has 1 fully saturated rings. The molecule has 2 heterocycles. The number of amides is 2. The number of rotatable bonds is 6. The minimum absolute atomic E-state index is 0.00550. The van der Waals surface area contributed by atoms with E-state index in [1.165, 1.54) is 7.11 Å². The van der Waals surface area contributed by atoms with Crippen LogP contribution in [0.3, 0.4) is 0 Å². The summed E-state index contributed by atoms with van der Waals surface area (Å²) in [5.74, 6) is 0.199. The first-order chi connectivity index (χ1) is 17.0. The number of hydrogen-bond donors (Lipinski definition) is 4. The van der Waals surface area contributed by atoms with Gasteiger partial charge in [0.15, 0.2) is 11.5 Å². The number of aromatic amines is 1. The standard InChI is InChI=1S/C25H30BrN3O7/c1-12-9-19(34-4)17(23(31)28-12)11-27-22(30)16-10-18(26)21-20(13(16)2)35-25(3,36-21)14-5-7-15(8-6-14)29-24(32)33/h9-10,14-15,29H,5-8,11H2,1-4H3,(H,27,30)(H,28,31)(H,32,33). The first-order valence-corrected chi connectivity index (χ1v) is 12.6. The third kappa shape index (κ3) is 5.02. The topological polar surface area (TPSA) is 139 Å². The molecule has 11 heteroatoms. The summed E-state index contributed by atoms with van der Waals surface area (Å²) in [6.07, 6.45) is 1.87. The Hall–Kier alpha value is -3.21. The molecule has 0 saturated heterocycles. The molecule has 2 aromatic rings. The quantitative estimate of drug-likeness (QED) is 0.416. The number of carbonyl (C=O) groups excluding carboxylic acids is 1. The molecule has 1 aliphatic heterocycles. The van der Waals surface area contributed by atoms with E-state index in [2.05, 4.69) is 31.5 Å². The van der Waals surface area contributed by atoms with E-state index in [1.54, 1.807) is 26.0 Å². The van der Waals surface area contributed by atoms with Gasteiger partial charge in [-0.15, -0.1) is 0 Å². The Morgan fingerprint density at radius 2 is 1.86 bits per heavy atom.